The Balaban J connectivity index is 3.89. The van der Waals surface area contributed by atoms with Crippen molar-refractivity contribution >= 4 is 0 Å². The van der Waals surface area contributed by atoms with Crippen molar-refractivity contribution in [3.8, 4) is 0 Å². The van der Waals surface area contributed by atoms with Crippen LogP contribution >= 0.6 is 0 Å². The topological polar surface area (TPSA) is 133 Å². The van der Waals surface area contributed by atoms with Gasteiger partial charge in [-0.2, -0.15) is 0 Å². The van der Waals surface area contributed by atoms with E-state index in [9.17, 15) is 5.11 Å². The standard InChI is InChI=1S/C32H66O12/c1-11-35-21-32(34)22-44-31(10)20-43-30(9)19-42-29(8)18-41-28(7)17-40-27(6)16-39-26(5)15-38-25(4)14-37-24(3)13-36-23(2)12-33/h23-34H,11-22H2,1-10H3. The number of aliphatic hydroxyl groups excluding tert-OH is 2. The summed E-state index contributed by atoms with van der Waals surface area (Å²) in [7, 11) is 0. The van der Waals surface area contributed by atoms with Crippen LogP contribution in [-0.2, 0) is 47.4 Å². The van der Waals surface area contributed by atoms with Crippen molar-refractivity contribution < 1.29 is 57.6 Å². The minimum atomic E-state index is -0.637. The molecular weight excluding hydrogens is 576 g/mol. The van der Waals surface area contributed by atoms with E-state index in [1.54, 1.807) is 0 Å². The van der Waals surface area contributed by atoms with E-state index in [4.69, 9.17) is 52.5 Å². The number of hydrogen-bond donors (Lipinski definition) is 2. The average Bonchev–Trinajstić information content (AvgIpc) is 3.01. The van der Waals surface area contributed by atoms with Gasteiger partial charge in [0.1, 0.15) is 6.10 Å². The maximum atomic E-state index is 9.78. The molecule has 0 rings (SSSR count). The molecule has 266 valence electrons. The molecule has 0 saturated carbocycles. The maximum absolute atomic E-state index is 9.78. The van der Waals surface area contributed by atoms with E-state index in [1.165, 1.54) is 0 Å². The van der Waals surface area contributed by atoms with Gasteiger partial charge in [0.25, 0.3) is 0 Å². The molecule has 0 aliphatic heterocycles. The van der Waals surface area contributed by atoms with Crippen molar-refractivity contribution in [1.29, 1.82) is 0 Å². The Morgan fingerprint density at radius 2 is 0.591 bits per heavy atom. The van der Waals surface area contributed by atoms with Crippen molar-refractivity contribution in [2.75, 3.05) is 79.3 Å². The van der Waals surface area contributed by atoms with E-state index in [0.29, 0.717) is 59.5 Å². The normalized spacial score (nSPS) is 19.1. The summed E-state index contributed by atoms with van der Waals surface area (Å²) in [5, 5.41) is 18.8. The summed E-state index contributed by atoms with van der Waals surface area (Å²) in [4.78, 5) is 0. The van der Waals surface area contributed by atoms with Crippen LogP contribution in [0, 0.1) is 0 Å². The summed E-state index contributed by atoms with van der Waals surface area (Å²) in [6.45, 7) is 23.9. The Kier molecular flexibility index (Phi) is 27.3. The van der Waals surface area contributed by atoms with E-state index in [0.717, 1.165) is 0 Å². The molecule has 0 aromatic carbocycles. The second-order valence-electron chi connectivity index (χ2n) is 11.8. The predicted molar refractivity (Wildman–Crippen MR) is 168 cm³/mol. The molecule has 0 aliphatic carbocycles. The predicted octanol–water partition coefficient (Wildman–Crippen LogP) is 3.02. The van der Waals surface area contributed by atoms with Gasteiger partial charge in [-0.15, -0.1) is 0 Å². The second kappa shape index (κ2) is 27.6. The first-order valence-corrected chi connectivity index (χ1v) is 16.3. The molecule has 2 N–H and O–H groups in total. The van der Waals surface area contributed by atoms with Crippen LogP contribution < -0.4 is 0 Å². The molecular formula is C32H66O12. The largest absolute Gasteiger partial charge is 0.394 e. The first-order chi connectivity index (χ1) is 20.9. The zero-order valence-corrected chi connectivity index (χ0v) is 29.2. The Morgan fingerprint density at radius 3 is 0.818 bits per heavy atom. The summed E-state index contributed by atoms with van der Waals surface area (Å²) < 4.78 is 57.2. The van der Waals surface area contributed by atoms with Gasteiger partial charge in [-0.05, 0) is 69.2 Å². The number of aliphatic hydroxyl groups is 2. The molecule has 0 aliphatic rings. The van der Waals surface area contributed by atoms with Crippen LogP contribution in [0.25, 0.3) is 0 Å². The SMILES string of the molecule is CCOCC(O)COC(C)COC(C)COC(C)COC(C)COC(C)COC(C)COC(C)COC(C)COC(C)CO. The van der Waals surface area contributed by atoms with E-state index >= 15 is 0 Å². The first-order valence-electron chi connectivity index (χ1n) is 16.3. The first kappa shape index (κ1) is 43.5. The molecule has 0 saturated heterocycles. The minimum Gasteiger partial charge on any atom is -0.394 e. The lowest BCUT2D eigenvalue weighted by Crippen LogP contribution is -2.31. The lowest BCUT2D eigenvalue weighted by molar-refractivity contribution is -0.112. The molecule has 0 heterocycles. The smallest absolute Gasteiger partial charge is 0.101 e. The zero-order valence-electron chi connectivity index (χ0n) is 29.2. The zero-order chi connectivity index (χ0) is 33.3. The van der Waals surface area contributed by atoms with Gasteiger partial charge in [0.15, 0.2) is 0 Å². The molecule has 0 aromatic rings. The molecule has 0 bridgehead atoms. The van der Waals surface area contributed by atoms with Gasteiger partial charge in [-0.3, -0.25) is 0 Å². The lowest BCUT2D eigenvalue weighted by atomic mass is 10.3. The highest BCUT2D eigenvalue weighted by Crippen LogP contribution is 2.06. The average molecular weight is 643 g/mol. The van der Waals surface area contributed by atoms with Crippen LogP contribution in [0.15, 0.2) is 0 Å². The Bertz CT molecular complexity index is 630. The summed E-state index contributed by atoms with van der Waals surface area (Å²) >= 11 is 0. The summed E-state index contributed by atoms with van der Waals surface area (Å²) in [5.41, 5.74) is 0. The fourth-order valence-corrected chi connectivity index (χ4v) is 3.41. The van der Waals surface area contributed by atoms with Crippen molar-refractivity contribution in [2.45, 2.75) is 130 Å². The fraction of sp³-hybridized carbons (Fsp3) is 1.00. The lowest BCUT2D eigenvalue weighted by Gasteiger charge is -2.23. The summed E-state index contributed by atoms with van der Waals surface area (Å²) in [6.07, 6.45) is -1.57. The molecule has 12 heteroatoms. The third-order valence-corrected chi connectivity index (χ3v) is 6.27. The van der Waals surface area contributed by atoms with Crippen molar-refractivity contribution in [3.05, 3.63) is 0 Å². The second-order valence-corrected chi connectivity index (χ2v) is 11.8. The van der Waals surface area contributed by atoms with Crippen LogP contribution in [0.3, 0.4) is 0 Å². The third-order valence-electron chi connectivity index (χ3n) is 6.27. The Morgan fingerprint density at radius 1 is 0.364 bits per heavy atom. The number of rotatable bonds is 31. The quantitative estimate of drug-likeness (QED) is 0.115. The van der Waals surface area contributed by atoms with Crippen LogP contribution in [-0.4, -0.2) is 151 Å². The third kappa shape index (κ3) is 26.7. The molecule has 0 fully saturated rings. The molecule has 10 unspecified atom stereocenters. The van der Waals surface area contributed by atoms with Crippen LogP contribution in [0.1, 0.15) is 69.2 Å². The maximum Gasteiger partial charge on any atom is 0.101 e. The van der Waals surface area contributed by atoms with Gasteiger partial charge in [-0.1, -0.05) is 0 Å². The van der Waals surface area contributed by atoms with Gasteiger partial charge < -0.3 is 57.6 Å². The van der Waals surface area contributed by atoms with Gasteiger partial charge in [0, 0.05) is 6.61 Å². The molecule has 12 nitrogen and oxygen atoms in total. The van der Waals surface area contributed by atoms with Crippen LogP contribution in [0.4, 0.5) is 0 Å². The Hall–Kier alpha value is -0.480. The monoisotopic (exact) mass is 642 g/mol. The highest BCUT2D eigenvalue weighted by Gasteiger charge is 2.15. The molecule has 0 aromatic heterocycles. The van der Waals surface area contributed by atoms with Crippen molar-refractivity contribution in [2.24, 2.45) is 0 Å². The van der Waals surface area contributed by atoms with E-state index in [1.807, 2.05) is 69.2 Å². The molecule has 0 radical (unpaired) electrons. The summed E-state index contributed by atoms with van der Waals surface area (Å²) in [5.74, 6) is 0. The van der Waals surface area contributed by atoms with Crippen molar-refractivity contribution in [1.82, 2.24) is 0 Å². The van der Waals surface area contributed by atoms with E-state index in [-0.39, 0.29) is 74.8 Å². The van der Waals surface area contributed by atoms with Crippen LogP contribution in [0.5, 0.6) is 0 Å². The molecule has 0 spiro atoms. The molecule has 0 amide bonds. The van der Waals surface area contributed by atoms with E-state index < -0.39 is 6.10 Å². The van der Waals surface area contributed by atoms with Crippen LogP contribution in [0.2, 0.25) is 0 Å². The molecule has 44 heavy (non-hydrogen) atoms. The van der Waals surface area contributed by atoms with Crippen molar-refractivity contribution in [3.63, 3.8) is 0 Å². The van der Waals surface area contributed by atoms with Gasteiger partial charge in [0.05, 0.1) is 128 Å². The highest BCUT2D eigenvalue weighted by molar-refractivity contribution is 4.60. The van der Waals surface area contributed by atoms with Gasteiger partial charge in [0.2, 0.25) is 0 Å². The number of ether oxygens (including phenoxy) is 10. The van der Waals surface area contributed by atoms with Gasteiger partial charge >= 0.3 is 0 Å². The van der Waals surface area contributed by atoms with E-state index in [2.05, 4.69) is 0 Å². The summed E-state index contributed by atoms with van der Waals surface area (Å²) in [6, 6.07) is 0. The molecule has 10 atom stereocenters. The minimum absolute atomic E-state index is 0.00534. The highest BCUT2D eigenvalue weighted by atomic mass is 16.6. The number of hydrogen-bond acceptors (Lipinski definition) is 12. The van der Waals surface area contributed by atoms with Gasteiger partial charge in [-0.25, -0.2) is 0 Å². The Labute approximate surface area is 267 Å². The fourth-order valence-electron chi connectivity index (χ4n) is 3.41.